The molecule has 8 nitrogen and oxygen atoms in total. The molecule has 4 rings (SSSR count). The van der Waals surface area contributed by atoms with Crippen molar-refractivity contribution in [3.63, 3.8) is 0 Å². The fraction of sp³-hybridized carbons (Fsp3) is 0.444. The van der Waals surface area contributed by atoms with Crippen LogP contribution in [0.5, 0.6) is 0 Å². The second kappa shape index (κ2) is 11.2. The Morgan fingerprint density at radius 2 is 1.59 bits per heavy atom. The van der Waals surface area contributed by atoms with Crippen LogP contribution >= 0.6 is 0 Å². The standard InChI is InChI=1S/C27H29F6N5O3/c1-12-10-38(11-13(2)37(12)3)22-8-18(28)15(14-4-19(29)24(25(34)40)20(30)5-14)6-21(22)36-26(41)16-9-35-23(39)7-17(16)27(31,32)33/h4-6,8,12-13,16-17H,7,9-11H2,1-3H3,(H2,34,40)(H,35,39)(H,36,41)/t12-,13+,16?,17?. The normalized spacial score (nSPS) is 23.7. The number of nitrogens with one attached hydrogen (secondary N) is 2. The molecule has 0 aliphatic carbocycles. The number of benzene rings is 2. The molecule has 2 aliphatic rings. The molecule has 2 unspecified atom stereocenters. The van der Waals surface area contributed by atoms with Crippen molar-refractivity contribution in [2.75, 3.05) is 36.9 Å². The molecule has 2 aromatic rings. The molecule has 2 fully saturated rings. The average molecular weight is 586 g/mol. The minimum absolute atomic E-state index is 0.0160. The predicted molar refractivity (Wildman–Crippen MR) is 138 cm³/mol. The molecule has 222 valence electrons. The summed E-state index contributed by atoms with van der Waals surface area (Å²) in [4.78, 5) is 40.2. The molecule has 0 aromatic heterocycles. The van der Waals surface area contributed by atoms with Gasteiger partial charge in [0.25, 0.3) is 5.91 Å². The summed E-state index contributed by atoms with van der Waals surface area (Å²) in [6.07, 6.45) is -5.77. The fourth-order valence-electron chi connectivity index (χ4n) is 5.34. The Labute approximate surface area is 231 Å². The molecule has 2 aromatic carbocycles. The molecule has 2 heterocycles. The van der Waals surface area contributed by atoms with E-state index in [2.05, 4.69) is 15.5 Å². The van der Waals surface area contributed by atoms with Crippen molar-refractivity contribution in [2.24, 2.45) is 17.6 Å². The summed E-state index contributed by atoms with van der Waals surface area (Å²) in [5.41, 5.74) is 3.36. The van der Waals surface area contributed by atoms with Gasteiger partial charge in [0.15, 0.2) is 0 Å². The van der Waals surface area contributed by atoms with E-state index in [1.54, 1.807) is 4.90 Å². The average Bonchev–Trinajstić information content (AvgIpc) is 2.86. The van der Waals surface area contributed by atoms with Crippen molar-refractivity contribution in [1.82, 2.24) is 10.2 Å². The summed E-state index contributed by atoms with van der Waals surface area (Å²) >= 11 is 0. The van der Waals surface area contributed by atoms with Gasteiger partial charge in [-0.3, -0.25) is 19.3 Å². The third kappa shape index (κ3) is 6.11. The number of rotatable bonds is 5. The Bertz CT molecular complexity index is 1350. The SMILES string of the molecule is C[C@@H]1CN(c2cc(F)c(-c3cc(F)c(C(N)=O)c(F)c3)cc2NC(=O)C2CNC(=O)CC2C(F)(F)F)C[C@H](C)N1C. The highest BCUT2D eigenvalue weighted by molar-refractivity contribution is 5.99. The predicted octanol–water partition coefficient (Wildman–Crippen LogP) is 3.65. The third-order valence-corrected chi connectivity index (χ3v) is 7.81. The van der Waals surface area contributed by atoms with Crippen LogP contribution in [0.1, 0.15) is 30.6 Å². The monoisotopic (exact) mass is 585 g/mol. The molecule has 41 heavy (non-hydrogen) atoms. The van der Waals surface area contributed by atoms with Crippen LogP contribution in [-0.2, 0) is 9.59 Å². The Hall–Kier alpha value is -3.81. The quantitative estimate of drug-likeness (QED) is 0.465. The summed E-state index contributed by atoms with van der Waals surface area (Å²) in [6.45, 7) is 4.05. The minimum atomic E-state index is -4.84. The highest BCUT2D eigenvalue weighted by atomic mass is 19.4. The van der Waals surface area contributed by atoms with Gasteiger partial charge in [0.2, 0.25) is 11.8 Å². The second-order valence-corrected chi connectivity index (χ2v) is 10.5. The van der Waals surface area contributed by atoms with E-state index >= 15 is 4.39 Å². The number of nitrogens with zero attached hydrogens (tertiary/aromatic N) is 2. The van der Waals surface area contributed by atoms with Crippen LogP contribution in [0.2, 0.25) is 0 Å². The van der Waals surface area contributed by atoms with E-state index in [-0.39, 0.29) is 34.6 Å². The maximum Gasteiger partial charge on any atom is 0.393 e. The Morgan fingerprint density at radius 1 is 1.00 bits per heavy atom. The molecule has 4 atom stereocenters. The zero-order valence-electron chi connectivity index (χ0n) is 22.4. The first kappa shape index (κ1) is 30.2. The van der Waals surface area contributed by atoms with Crippen LogP contribution in [0.15, 0.2) is 24.3 Å². The largest absolute Gasteiger partial charge is 0.393 e. The van der Waals surface area contributed by atoms with E-state index in [0.717, 1.165) is 12.1 Å². The number of piperidine rings is 1. The summed E-state index contributed by atoms with van der Waals surface area (Å²) in [7, 11) is 1.91. The molecule has 2 saturated heterocycles. The molecule has 0 saturated carbocycles. The van der Waals surface area contributed by atoms with E-state index in [0.29, 0.717) is 25.2 Å². The lowest BCUT2D eigenvalue weighted by atomic mass is 9.84. The number of hydrogen-bond donors (Lipinski definition) is 3. The van der Waals surface area contributed by atoms with Gasteiger partial charge in [0.05, 0.1) is 23.2 Å². The first-order chi connectivity index (χ1) is 19.1. The lowest BCUT2D eigenvalue weighted by Gasteiger charge is -2.44. The lowest BCUT2D eigenvalue weighted by Crippen LogP contribution is -2.55. The van der Waals surface area contributed by atoms with Crippen molar-refractivity contribution in [3.05, 3.63) is 47.3 Å². The number of hydrogen-bond acceptors (Lipinski definition) is 5. The smallest absolute Gasteiger partial charge is 0.367 e. The van der Waals surface area contributed by atoms with Gasteiger partial charge in [0.1, 0.15) is 23.0 Å². The van der Waals surface area contributed by atoms with E-state index in [4.69, 9.17) is 5.73 Å². The van der Waals surface area contributed by atoms with Gasteiger partial charge in [-0.1, -0.05) is 0 Å². The maximum absolute atomic E-state index is 15.5. The van der Waals surface area contributed by atoms with Crippen LogP contribution < -0.4 is 21.3 Å². The number of likely N-dealkylation sites (N-methyl/N-ethyl adjacent to an activating group) is 1. The molecular weight excluding hydrogens is 556 g/mol. The number of halogens is 6. The Morgan fingerprint density at radius 3 is 2.12 bits per heavy atom. The van der Waals surface area contributed by atoms with Crippen molar-refractivity contribution in [3.8, 4) is 11.1 Å². The Kier molecular flexibility index (Phi) is 8.25. The van der Waals surface area contributed by atoms with Gasteiger partial charge < -0.3 is 21.3 Å². The number of amides is 3. The highest BCUT2D eigenvalue weighted by Gasteiger charge is 2.50. The minimum Gasteiger partial charge on any atom is -0.367 e. The summed E-state index contributed by atoms with van der Waals surface area (Å²) in [6, 6.07) is 3.48. The van der Waals surface area contributed by atoms with Crippen molar-refractivity contribution in [2.45, 2.75) is 38.5 Å². The number of alkyl halides is 3. The van der Waals surface area contributed by atoms with E-state index in [1.807, 2.05) is 20.9 Å². The molecule has 3 amide bonds. The van der Waals surface area contributed by atoms with E-state index in [9.17, 15) is 36.3 Å². The summed E-state index contributed by atoms with van der Waals surface area (Å²) < 4.78 is 85.8. The number of anilines is 2. The number of carbonyl (C=O) groups excluding carboxylic acids is 3. The number of nitrogens with two attached hydrogens (primary N) is 1. The Balaban J connectivity index is 1.80. The third-order valence-electron chi connectivity index (χ3n) is 7.81. The lowest BCUT2D eigenvalue weighted by molar-refractivity contribution is -0.197. The summed E-state index contributed by atoms with van der Waals surface area (Å²) in [5.74, 6) is -10.8. The first-order valence-electron chi connectivity index (χ1n) is 12.8. The van der Waals surface area contributed by atoms with Gasteiger partial charge in [-0.15, -0.1) is 0 Å². The van der Waals surface area contributed by atoms with Crippen LogP contribution in [0.4, 0.5) is 37.7 Å². The zero-order valence-corrected chi connectivity index (χ0v) is 22.4. The number of carbonyl (C=O) groups is 3. The zero-order chi connectivity index (χ0) is 30.4. The van der Waals surface area contributed by atoms with Crippen molar-refractivity contribution < 1.29 is 40.7 Å². The van der Waals surface area contributed by atoms with Crippen LogP contribution in [-0.4, -0.2) is 67.6 Å². The second-order valence-electron chi connectivity index (χ2n) is 10.5. The number of primary amides is 1. The van der Waals surface area contributed by atoms with Gasteiger partial charge >= 0.3 is 6.18 Å². The van der Waals surface area contributed by atoms with E-state index in [1.165, 1.54) is 0 Å². The first-order valence-corrected chi connectivity index (χ1v) is 12.8. The molecule has 0 spiro atoms. The van der Waals surface area contributed by atoms with Gasteiger partial charge in [-0.2, -0.15) is 13.2 Å². The molecular formula is C27H29F6N5O3. The van der Waals surface area contributed by atoms with Crippen molar-refractivity contribution in [1.29, 1.82) is 0 Å². The highest BCUT2D eigenvalue weighted by Crippen LogP contribution is 2.40. The van der Waals surface area contributed by atoms with Gasteiger partial charge in [0, 0.05) is 43.7 Å². The van der Waals surface area contributed by atoms with E-state index < -0.39 is 71.7 Å². The van der Waals surface area contributed by atoms with Crippen molar-refractivity contribution >= 4 is 29.1 Å². The van der Waals surface area contributed by atoms with Crippen LogP contribution in [0.25, 0.3) is 11.1 Å². The molecule has 0 bridgehead atoms. The van der Waals surface area contributed by atoms with Crippen LogP contribution in [0, 0.1) is 29.3 Å². The number of piperazine rings is 1. The molecule has 2 aliphatic heterocycles. The van der Waals surface area contributed by atoms with Gasteiger partial charge in [-0.25, -0.2) is 13.2 Å². The fourth-order valence-corrected chi connectivity index (χ4v) is 5.34. The maximum atomic E-state index is 15.5. The van der Waals surface area contributed by atoms with Gasteiger partial charge in [-0.05, 0) is 50.7 Å². The molecule has 0 radical (unpaired) electrons. The molecule has 14 heteroatoms. The summed E-state index contributed by atoms with van der Waals surface area (Å²) in [5, 5.41) is 4.73. The van der Waals surface area contributed by atoms with Crippen LogP contribution in [0.3, 0.4) is 0 Å². The topological polar surface area (TPSA) is 108 Å². The molecule has 4 N–H and O–H groups in total.